The fourth-order valence-corrected chi connectivity index (χ4v) is 3.87. The summed E-state index contributed by atoms with van der Waals surface area (Å²) in [6, 6.07) is 13.2. The van der Waals surface area contributed by atoms with Crippen molar-refractivity contribution in [1.29, 1.82) is 0 Å². The second-order valence-corrected chi connectivity index (χ2v) is 7.80. The van der Waals surface area contributed by atoms with E-state index in [-0.39, 0.29) is 23.1 Å². The van der Waals surface area contributed by atoms with Crippen molar-refractivity contribution in [3.63, 3.8) is 0 Å². The minimum absolute atomic E-state index is 0.182. The Bertz CT molecular complexity index is 950. The van der Waals surface area contributed by atoms with Crippen molar-refractivity contribution in [3.05, 3.63) is 71.0 Å². The number of hydrogen-bond acceptors (Lipinski definition) is 3. The standard InChI is InChI=1S/C25H26FNO3/c1-30-23(28)17-25(15-5-2-6-16-25)18-27-24(29)21-13-10-19(11-14-21)9-12-20-7-3-4-8-22(20)26/h3-4,7-8,10-11,13-14H,2,5-6,15-18H2,1H3,(H,27,29). The van der Waals surface area contributed by atoms with Crippen molar-refractivity contribution >= 4 is 11.9 Å². The van der Waals surface area contributed by atoms with E-state index in [1.165, 1.54) is 13.2 Å². The molecule has 0 bridgehead atoms. The third kappa shape index (κ3) is 5.70. The van der Waals surface area contributed by atoms with Gasteiger partial charge in [-0.15, -0.1) is 0 Å². The number of carbonyl (C=O) groups is 2. The van der Waals surface area contributed by atoms with Crippen molar-refractivity contribution in [1.82, 2.24) is 5.32 Å². The lowest BCUT2D eigenvalue weighted by atomic mass is 9.71. The van der Waals surface area contributed by atoms with Gasteiger partial charge in [0.05, 0.1) is 19.1 Å². The fourth-order valence-electron chi connectivity index (χ4n) is 3.87. The van der Waals surface area contributed by atoms with Gasteiger partial charge in [0.1, 0.15) is 5.82 Å². The maximum absolute atomic E-state index is 13.6. The largest absolute Gasteiger partial charge is 0.469 e. The molecule has 0 aromatic heterocycles. The van der Waals surface area contributed by atoms with Crippen LogP contribution in [0.2, 0.25) is 0 Å². The number of benzene rings is 2. The lowest BCUT2D eigenvalue weighted by molar-refractivity contribution is -0.144. The van der Waals surface area contributed by atoms with Gasteiger partial charge in [-0.3, -0.25) is 9.59 Å². The van der Waals surface area contributed by atoms with Gasteiger partial charge in [-0.25, -0.2) is 4.39 Å². The Morgan fingerprint density at radius 2 is 1.73 bits per heavy atom. The maximum atomic E-state index is 13.6. The van der Waals surface area contributed by atoms with Crippen LogP contribution in [0.25, 0.3) is 0 Å². The van der Waals surface area contributed by atoms with E-state index in [9.17, 15) is 14.0 Å². The predicted molar refractivity (Wildman–Crippen MR) is 113 cm³/mol. The van der Waals surface area contributed by atoms with Gasteiger partial charge in [0.25, 0.3) is 5.91 Å². The summed E-state index contributed by atoms with van der Waals surface area (Å²) < 4.78 is 18.5. The summed E-state index contributed by atoms with van der Waals surface area (Å²) in [4.78, 5) is 24.5. The first-order valence-electron chi connectivity index (χ1n) is 10.2. The molecule has 1 aliphatic carbocycles. The number of carbonyl (C=O) groups excluding carboxylic acids is 2. The molecule has 0 aliphatic heterocycles. The van der Waals surface area contributed by atoms with Gasteiger partial charge in [0.2, 0.25) is 0 Å². The van der Waals surface area contributed by atoms with Gasteiger partial charge in [-0.2, -0.15) is 0 Å². The average Bonchev–Trinajstić information content (AvgIpc) is 2.78. The van der Waals surface area contributed by atoms with E-state index in [1.807, 2.05) is 0 Å². The van der Waals surface area contributed by atoms with Crippen molar-refractivity contribution in [3.8, 4) is 11.8 Å². The smallest absolute Gasteiger partial charge is 0.306 e. The number of rotatable bonds is 5. The first-order chi connectivity index (χ1) is 14.5. The highest BCUT2D eigenvalue weighted by atomic mass is 19.1. The summed E-state index contributed by atoms with van der Waals surface area (Å²) in [7, 11) is 1.40. The molecule has 156 valence electrons. The molecule has 1 amide bonds. The number of halogens is 1. The van der Waals surface area contributed by atoms with Crippen molar-refractivity contribution in [2.45, 2.75) is 38.5 Å². The highest BCUT2D eigenvalue weighted by Gasteiger charge is 2.35. The molecule has 0 atom stereocenters. The lowest BCUT2D eigenvalue weighted by Gasteiger charge is -2.36. The molecule has 1 N–H and O–H groups in total. The molecular formula is C25H26FNO3. The van der Waals surface area contributed by atoms with Gasteiger partial charge in [-0.05, 0) is 54.7 Å². The van der Waals surface area contributed by atoms with Crippen LogP contribution in [-0.4, -0.2) is 25.5 Å². The molecule has 0 heterocycles. The summed E-state index contributed by atoms with van der Waals surface area (Å²) in [5.74, 6) is 4.95. The van der Waals surface area contributed by atoms with Crippen LogP contribution in [0.4, 0.5) is 4.39 Å². The molecule has 2 aromatic rings. The zero-order chi connectivity index (χ0) is 21.4. The van der Waals surface area contributed by atoms with Gasteiger partial charge in [0, 0.05) is 17.7 Å². The normalized spacial score (nSPS) is 14.9. The van der Waals surface area contributed by atoms with Crippen LogP contribution in [0.15, 0.2) is 48.5 Å². The molecule has 1 fully saturated rings. The summed E-state index contributed by atoms with van der Waals surface area (Å²) in [6.07, 6.45) is 5.42. The van der Waals surface area contributed by atoms with Crippen molar-refractivity contribution < 1.29 is 18.7 Å². The van der Waals surface area contributed by atoms with Gasteiger partial charge in [0.15, 0.2) is 0 Å². The van der Waals surface area contributed by atoms with Crippen LogP contribution < -0.4 is 5.32 Å². The second-order valence-electron chi connectivity index (χ2n) is 7.80. The van der Waals surface area contributed by atoms with E-state index in [2.05, 4.69) is 17.2 Å². The molecule has 0 radical (unpaired) electrons. The number of methoxy groups -OCH3 is 1. The Labute approximate surface area is 176 Å². The van der Waals surface area contributed by atoms with Crippen LogP contribution in [0.1, 0.15) is 60.0 Å². The van der Waals surface area contributed by atoms with Crippen LogP contribution in [-0.2, 0) is 9.53 Å². The first kappa shape index (κ1) is 21.6. The SMILES string of the molecule is COC(=O)CC1(CNC(=O)c2ccc(C#Cc3ccccc3F)cc2)CCCCC1. The zero-order valence-corrected chi connectivity index (χ0v) is 17.2. The van der Waals surface area contributed by atoms with Crippen molar-refractivity contribution in [2.75, 3.05) is 13.7 Å². The molecule has 2 aromatic carbocycles. The fraction of sp³-hybridized carbons (Fsp3) is 0.360. The summed E-state index contributed by atoms with van der Waals surface area (Å²) in [6.45, 7) is 0.454. The van der Waals surface area contributed by atoms with Crippen LogP contribution in [0.5, 0.6) is 0 Å². The molecule has 4 nitrogen and oxygen atoms in total. The van der Waals surface area contributed by atoms with Gasteiger partial charge < -0.3 is 10.1 Å². The topological polar surface area (TPSA) is 55.4 Å². The van der Waals surface area contributed by atoms with E-state index in [4.69, 9.17) is 4.74 Å². The maximum Gasteiger partial charge on any atom is 0.306 e. The molecule has 5 heteroatoms. The lowest BCUT2D eigenvalue weighted by Crippen LogP contribution is -2.40. The summed E-state index contributed by atoms with van der Waals surface area (Å²) in [5, 5.41) is 2.99. The molecule has 0 saturated heterocycles. The first-order valence-corrected chi connectivity index (χ1v) is 10.2. The van der Waals surface area contributed by atoms with E-state index >= 15 is 0 Å². The number of ether oxygens (including phenoxy) is 1. The Kier molecular flexibility index (Phi) is 7.24. The highest BCUT2D eigenvalue weighted by molar-refractivity contribution is 5.94. The minimum atomic E-state index is -0.357. The second kappa shape index (κ2) is 10.1. The van der Waals surface area contributed by atoms with Crippen LogP contribution >= 0.6 is 0 Å². The summed E-state index contributed by atoms with van der Waals surface area (Å²) >= 11 is 0. The zero-order valence-electron chi connectivity index (χ0n) is 17.2. The number of amides is 1. The Hall–Kier alpha value is -3.13. The molecule has 0 spiro atoms. The third-order valence-electron chi connectivity index (χ3n) is 5.65. The molecule has 0 unspecified atom stereocenters. The van der Waals surface area contributed by atoms with Gasteiger partial charge >= 0.3 is 5.97 Å². The number of esters is 1. The Balaban J connectivity index is 1.63. The van der Waals surface area contributed by atoms with E-state index in [0.29, 0.717) is 29.7 Å². The monoisotopic (exact) mass is 407 g/mol. The highest BCUT2D eigenvalue weighted by Crippen LogP contribution is 2.39. The van der Waals surface area contributed by atoms with Gasteiger partial charge in [-0.1, -0.05) is 43.2 Å². The quantitative estimate of drug-likeness (QED) is 0.588. The average molecular weight is 407 g/mol. The molecule has 3 rings (SSSR count). The van der Waals surface area contributed by atoms with E-state index < -0.39 is 0 Å². The number of hydrogen-bond donors (Lipinski definition) is 1. The molecule has 30 heavy (non-hydrogen) atoms. The summed E-state index contributed by atoms with van der Waals surface area (Å²) in [5.41, 5.74) is 1.33. The molecule has 1 saturated carbocycles. The molecule has 1 aliphatic rings. The van der Waals surface area contributed by atoms with Crippen LogP contribution in [0.3, 0.4) is 0 Å². The van der Waals surface area contributed by atoms with Crippen LogP contribution in [0, 0.1) is 23.1 Å². The predicted octanol–water partition coefficient (Wildman–Crippen LogP) is 4.47. The Morgan fingerprint density at radius 3 is 2.40 bits per heavy atom. The minimum Gasteiger partial charge on any atom is -0.469 e. The van der Waals surface area contributed by atoms with E-state index in [0.717, 1.165) is 32.1 Å². The molecular weight excluding hydrogens is 381 g/mol. The van der Waals surface area contributed by atoms with Crippen molar-refractivity contribution in [2.24, 2.45) is 5.41 Å². The third-order valence-corrected chi connectivity index (χ3v) is 5.65. The Morgan fingerprint density at radius 1 is 1.03 bits per heavy atom. The number of nitrogens with one attached hydrogen (secondary N) is 1. The van der Waals surface area contributed by atoms with E-state index in [1.54, 1.807) is 42.5 Å².